The molecule has 1 saturated heterocycles. The Morgan fingerprint density at radius 1 is 1.12 bits per heavy atom. The maximum atomic E-state index is 12.3. The molecule has 1 atom stereocenters. The molecule has 172 valence electrons. The van der Waals surface area contributed by atoms with E-state index < -0.39 is 41.1 Å². The number of aryl methyl sites for hydroxylation is 2. The molecule has 0 bridgehead atoms. The molecule has 33 heavy (non-hydrogen) atoms. The number of amides is 3. The molecule has 1 fully saturated rings. The lowest BCUT2D eigenvalue weighted by atomic mass is 10.1. The van der Waals surface area contributed by atoms with E-state index in [1.165, 1.54) is 24.3 Å². The van der Waals surface area contributed by atoms with Crippen LogP contribution >= 0.6 is 0 Å². The molecule has 3 rings (SSSR count). The van der Waals surface area contributed by atoms with Crippen LogP contribution in [0.4, 0.5) is 11.4 Å². The fraction of sp³-hybridized carbons (Fsp3) is 0.273. The SMILES string of the molecule is Cc1cc(C)cc(NC(=O)COC(=O)[C@H]2CC(=O)N(NC(=O)c3ccc([N+](=O)[O-])cc3)C2)c1. The highest BCUT2D eigenvalue weighted by atomic mass is 16.6. The Hall–Kier alpha value is -4.28. The van der Waals surface area contributed by atoms with E-state index in [2.05, 4.69) is 10.7 Å². The normalized spacial score (nSPS) is 15.2. The highest BCUT2D eigenvalue weighted by molar-refractivity contribution is 5.97. The average Bonchev–Trinajstić information content (AvgIpc) is 3.11. The number of ether oxygens (including phenoxy) is 1. The van der Waals surface area contributed by atoms with Gasteiger partial charge in [-0.15, -0.1) is 0 Å². The third-order valence-corrected chi connectivity index (χ3v) is 4.89. The first kappa shape index (κ1) is 23.4. The molecule has 2 N–H and O–H groups in total. The molecule has 1 aliphatic heterocycles. The molecule has 3 amide bonds. The Kier molecular flexibility index (Phi) is 7.01. The molecule has 2 aromatic carbocycles. The van der Waals surface area contributed by atoms with Gasteiger partial charge < -0.3 is 10.1 Å². The second-order valence-corrected chi connectivity index (χ2v) is 7.68. The van der Waals surface area contributed by atoms with Gasteiger partial charge in [-0.1, -0.05) is 6.07 Å². The van der Waals surface area contributed by atoms with Crippen molar-refractivity contribution in [3.05, 3.63) is 69.3 Å². The zero-order valence-electron chi connectivity index (χ0n) is 18.0. The summed E-state index contributed by atoms with van der Waals surface area (Å²) in [5, 5.41) is 14.3. The van der Waals surface area contributed by atoms with Gasteiger partial charge in [0.05, 0.1) is 17.4 Å². The van der Waals surface area contributed by atoms with Gasteiger partial charge in [0.15, 0.2) is 6.61 Å². The van der Waals surface area contributed by atoms with Crippen LogP contribution in [0.2, 0.25) is 0 Å². The van der Waals surface area contributed by atoms with Crippen LogP contribution in [-0.2, 0) is 19.1 Å². The fourth-order valence-corrected chi connectivity index (χ4v) is 3.39. The van der Waals surface area contributed by atoms with Gasteiger partial charge in [-0.2, -0.15) is 0 Å². The number of nitro benzene ring substituents is 1. The van der Waals surface area contributed by atoms with Crippen molar-refractivity contribution >= 4 is 35.1 Å². The lowest BCUT2D eigenvalue weighted by Gasteiger charge is -2.17. The van der Waals surface area contributed by atoms with Gasteiger partial charge in [-0.3, -0.25) is 39.7 Å². The minimum absolute atomic E-state index is 0.113. The molecule has 0 radical (unpaired) electrons. The number of carbonyl (C=O) groups excluding carboxylic acids is 4. The van der Waals surface area contributed by atoms with Crippen LogP contribution in [0.3, 0.4) is 0 Å². The molecule has 0 unspecified atom stereocenters. The molecule has 2 aromatic rings. The van der Waals surface area contributed by atoms with Crippen molar-refractivity contribution in [1.29, 1.82) is 0 Å². The molecule has 0 aromatic heterocycles. The summed E-state index contributed by atoms with van der Waals surface area (Å²) in [6, 6.07) is 10.4. The van der Waals surface area contributed by atoms with Gasteiger partial charge in [0.25, 0.3) is 17.5 Å². The van der Waals surface area contributed by atoms with E-state index in [9.17, 15) is 29.3 Å². The summed E-state index contributed by atoms with van der Waals surface area (Å²) in [7, 11) is 0. The van der Waals surface area contributed by atoms with Crippen LogP contribution in [0.1, 0.15) is 27.9 Å². The van der Waals surface area contributed by atoms with Crippen molar-refractivity contribution in [2.75, 3.05) is 18.5 Å². The minimum atomic E-state index is -0.844. The third kappa shape index (κ3) is 6.12. The maximum absolute atomic E-state index is 12.3. The molecule has 0 spiro atoms. The quantitative estimate of drug-likeness (QED) is 0.369. The van der Waals surface area contributed by atoms with E-state index in [1.807, 2.05) is 19.9 Å². The van der Waals surface area contributed by atoms with Crippen LogP contribution in [0.15, 0.2) is 42.5 Å². The smallest absolute Gasteiger partial charge is 0.311 e. The van der Waals surface area contributed by atoms with Crippen molar-refractivity contribution < 1.29 is 28.8 Å². The van der Waals surface area contributed by atoms with Gasteiger partial charge in [-0.25, -0.2) is 0 Å². The number of non-ortho nitro benzene ring substituents is 1. The molecule has 1 aliphatic rings. The van der Waals surface area contributed by atoms with Crippen LogP contribution in [0.5, 0.6) is 0 Å². The number of carbonyl (C=O) groups is 4. The van der Waals surface area contributed by atoms with Crippen molar-refractivity contribution in [2.45, 2.75) is 20.3 Å². The topological polar surface area (TPSA) is 148 Å². The first-order chi connectivity index (χ1) is 15.6. The van der Waals surface area contributed by atoms with Gasteiger partial charge in [0.1, 0.15) is 0 Å². The molecular weight excluding hydrogens is 432 g/mol. The number of nitro groups is 1. The number of nitrogens with one attached hydrogen (secondary N) is 2. The first-order valence-electron chi connectivity index (χ1n) is 10.0. The summed E-state index contributed by atoms with van der Waals surface area (Å²) in [6.45, 7) is 3.17. The summed E-state index contributed by atoms with van der Waals surface area (Å²) in [4.78, 5) is 59.0. The second kappa shape index (κ2) is 9.90. The van der Waals surface area contributed by atoms with Gasteiger partial charge in [0.2, 0.25) is 5.91 Å². The van der Waals surface area contributed by atoms with Gasteiger partial charge in [-0.05, 0) is 49.2 Å². The lowest BCUT2D eigenvalue weighted by Crippen LogP contribution is -2.43. The predicted octanol–water partition coefficient (Wildman–Crippen LogP) is 1.89. The third-order valence-electron chi connectivity index (χ3n) is 4.89. The maximum Gasteiger partial charge on any atom is 0.311 e. The Bertz CT molecular complexity index is 1090. The predicted molar refractivity (Wildman–Crippen MR) is 116 cm³/mol. The number of hydrogen-bond donors (Lipinski definition) is 2. The number of rotatable bonds is 7. The second-order valence-electron chi connectivity index (χ2n) is 7.68. The highest BCUT2D eigenvalue weighted by Gasteiger charge is 2.36. The average molecular weight is 454 g/mol. The van der Waals surface area contributed by atoms with E-state index in [4.69, 9.17) is 4.74 Å². The van der Waals surface area contributed by atoms with Gasteiger partial charge >= 0.3 is 5.97 Å². The van der Waals surface area contributed by atoms with Crippen LogP contribution in [0, 0.1) is 29.9 Å². The monoisotopic (exact) mass is 454 g/mol. The number of nitrogens with zero attached hydrogens (tertiary/aromatic N) is 2. The molecule has 11 heteroatoms. The number of anilines is 1. The van der Waals surface area contributed by atoms with E-state index in [1.54, 1.807) is 12.1 Å². The summed E-state index contributed by atoms with van der Waals surface area (Å²) >= 11 is 0. The van der Waals surface area contributed by atoms with Crippen LogP contribution < -0.4 is 10.7 Å². The fourth-order valence-electron chi connectivity index (χ4n) is 3.39. The number of esters is 1. The molecule has 0 aliphatic carbocycles. The first-order valence-corrected chi connectivity index (χ1v) is 10.0. The summed E-state index contributed by atoms with van der Waals surface area (Å²) in [6.07, 6.45) is -0.182. The summed E-state index contributed by atoms with van der Waals surface area (Å²) in [5.41, 5.74) is 4.85. The van der Waals surface area contributed by atoms with E-state index in [-0.39, 0.29) is 24.2 Å². The summed E-state index contributed by atoms with van der Waals surface area (Å²) in [5.74, 6) is -3.23. The number of hydrazine groups is 1. The lowest BCUT2D eigenvalue weighted by molar-refractivity contribution is -0.384. The van der Waals surface area contributed by atoms with E-state index in [0.29, 0.717) is 5.69 Å². The molecule has 11 nitrogen and oxygen atoms in total. The number of benzene rings is 2. The van der Waals surface area contributed by atoms with Gasteiger partial charge in [0, 0.05) is 29.8 Å². The van der Waals surface area contributed by atoms with E-state index >= 15 is 0 Å². The zero-order valence-corrected chi connectivity index (χ0v) is 18.0. The zero-order chi connectivity index (χ0) is 24.1. The molecular formula is C22H22N4O7. The number of hydrogen-bond acceptors (Lipinski definition) is 7. The van der Waals surface area contributed by atoms with E-state index in [0.717, 1.165) is 16.1 Å². The minimum Gasteiger partial charge on any atom is -0.455 e. The Morgan fingerprint density at radius 3 is 2.36 bits per heavy atom. The standard InChI is InChI=1S/C22H22N4O7/c1-13-7-14(2)9-17(8-13)23-19(27)12-33-22(30)16-10-20(28)25(11-16)24-21(29)15-3-5-18(6-4-15)26(31)32/h3-9,16H,10-12H2,1-2H3,(H,23,27)(H,24,29)/t16-/m0/s1. The van der Waals surface area contributed by atoms with Crippen molar-refractivity contribution in [2.24, 2.45) is 5.92 Å². The van der Waals surface area contributed by atoms with Crippen LogP contribution in [0.25, 0.3) is 0 Å². The Balaban J connectivity index is 1.49. The van der Waals surface area contributed by atoms with Crippen LogP contribution in [-0.4, -0.2) is 46.8 Å². The Labute approximate surface area is 188 Å². The largest absolute Gasteiger partial charge is 0.455 e. The molecule has 0 saturated carbocycles. The summed E-state index contributed by atoms with van der Waals surface area (Å²) < 4.78 is 5.04. The molecule has 1 heterocycles. The highest BCUT2D eigenvalue weighted by Crippen LogP contribution is 2.19. The van der Waals surface area contributed by atoms with Crippen molar-refractivity contribution in [3.63, 3.8) is 0 Å². The Morgan fingerprint density at radius 2 is 1.76 bits per heavy atom. The van der Waals surface area contributed by atoms with Crippen molar-refractivity contribution in [1.82, 2.24) is 10.4 Å². The van der Waals surface area contributed by atoms with Crippen molar-refractivity contribution in [3.8, 4) is 0 Å².